The second kappa shape index (κ2) is 5.19. The summed E-state index contributed by atoms with van der Waals surface area (Å²) >= 11 is 0.530. The van der Waals surface area contributed by atoms with Crippen LogP contribution >= 0.6 is 15.9 Å². The number of aromatic nitrogens is 1. The van der Waals surface area contributed by atoms with E-state index in [0.717, 1.165) is 0 Å². The Morgan fingerprint density at radius 2 is 2.27 bits per heavy atom. The van der Waals surface area contributed by atoms with Gasteiger partial charge in [-0.1, -0.05) is 0 Å². The van der Waals surface area contributed by atoms with Gasteiger partial charge in [0.2, 0.25) is 0 Å². The van der Waals surface area contributed by atoms with Crippen LogP contribution in [0.25, 0.3) is 0 Å². The number of rotatable bonds is 2. The molecule has 0 saturated heterocycles. The summed E-state index contributed by atoms with van der Waals surface area (Å²) in [4.78, 5) is 15.0. The van der Waals surface area contributed by atoms with Gasteiger partial charge in [-0.2, -0.15) is 0 Å². The molecule has 8 heteroatoms. The molecular weight excluding hydrogens is 286 g/mol. The predicted molar refractivity (Wildman–Crippen MR) is 57.7 cm³/mol. The zero-order valence-corrected chi connectivity index (χ0v) is 10.0. The molecule has 0 aliphatic carbocycles. The SMILES string of the molecule is Cc1ccc(Br)c(NC(=O)NS(=O)[O-])n1. The van der Waals surface area contributed by atoms with E-state index < -0.39 is 17.3 Å². The summed E-state index contributed by atoms with van der Waals surface area (Å²) in [5.41, 5.74) is 0.705. The van der Waals surface area contributed by atoms with Gasteiger partial charge >= 0.3 is 6.03 Å². The summed E-state index contributed by atoms with van der Waals surface area (Å²) in [7, 11) is 0. The maximum absolute atomic E-state index is 11.0. The molecule has 0 radical (unpaired) electrons. The number of hydrogen-bond acceptors (Lipinski definition) is 4. The van der Waals surface area contributed by atoms with Crippen LogP contribution in [-0.4, -0.2) is 19.8 Å². The average Bonchev–Trinajstić information content (AvgIpc) is 2.10. The van der Waals surface area contributed by atoms with Crippen molar-refractivity contribution < 1.29 is 13.6 Å². The molecule has 0 aliphatic rings. The van der Waals surface area contributed by atoms with E-state index >= 15 is 0 Å². The molecule has 1 rings (SSSR count). The Labute approximate surface area is 97.0 Å². The third-order valence-electron chi connectivity index (χ3n) is 1.39. The number of carbonyl (C=O) groups excluding carboxylic acids is 1. The molecule has 6 nitrogen and oxygen atoms in total. The molecule has 1 aromatic heterocycles. The molecule has 1 atom stereocenters. The normalized spacial score (nSPS) is 11.9. The van der Waals surface area contributed by atoms with E-state index in [2.05, 4.69) is 26.2 Å². The fourth-order valence-corrected chi connectivity index (χ4v) is 1.36. The molecule has 0 fully saturated rings. The minimum Gasteiger partial charge on any atom is -0.755 e. The second-order valence-corrected chi connectivity index (χ2v) is 4.10. The Bertz CT molecular complexity index is 412. The smallest absolute Gasteiger partial charge is 0.331 e. The highest BCUT2D eigenvalue weighted by Gasteiger charge is 2.06. The Balaban J connectivity index is 2.76. The van der Waals surface area contributed by atoms with Crippen molar-refractivity contribution in [3.8, 4) is 0 Å². The third kappa shape index (κ3) is 3.94. The Kier molecular flexibility index (Phi) is 4.18. The lowest BCUT2D eigenvalue weighted by Crippen LogP contribution is -2.30. The number of hydrogen-bond donors (Lipinski definition) is 2. The molecule has 0 spiro atoms. The standard InChI is InChI=1S/C7H8BrN3O3S/c1-4-2-3-5(8)6(9-4)10-7(12)11-15(13)14/h2-3H,1H3,(H,13,14)(H2,9,10,11,12)/p-1. The topological polar surface area (TPSA) is 94.2 Å². The molecule has 0 saturated carbocycles. The predicted octanol–water partition coefficient (Wildman–Crippen LogP) is 1.07. The molecule has 2 N–H and O–H groups in total. The van der Waals surface area contributed by atoms with Crippen LogP contribution in [0.3, 0.4) is 0 Å². The molecule has 2 amide bonds. The average molecular weight is 293 g/mol. The van der Waals surface area contributed by atoms with Crippen molar-refractivity contribution in [3.63, 3.8) is 0 Å². The van der Waals surface area contributed by atoms with Crippen molar-refractivity contribution in [3.05, 3.63) is 22.3 Å². The molecule has 1 aromatic rings. The number of pyridine rings is 1. The number of nitrogens with one attached hydrogen (secondary N) is 2. The lowest BCUT2D eigenvalue weighted by Gasteiger charge is -2.09. The van der Waals surface area contributed by atoms with E-state index in [0.29, 0.717) is 10.2 Å². The van der Waals surface area contributed by atoms with Gasteiger partial charge in [0, 0.05) is 17.0 Å². The van der Waals surface area contributed by atoms with E-state index in [4.69, 9.17) is 0 Å². The largest absolute Gasteiger partial charge is 0.755 e. The number of amides is 2. The minimum absolute atomic E-state index is 0.262. The van der Waals surface area contributed by atoms with E-state index in [1.807, 2.05) is 0 Å². The zero-order valence-electron chi connectivity index (χ0n) is 7.61. The van der Waals surface area contributed by atoms with Crippen LogP contribution in [-0.2, 0) is 11.3 Å². The summed E-state index contributed by atoms with van der Waals surface area (Å²) in [6.07, 6.45) is 0. The maximum atomic E-state index is 11.0. The van der Waals surface area contributed by atoms with Crippen molar-refractivity contribution >= 4 is 39.0 Å². The van der Waals surface area contributed by atoms with Gasteiger partial charge in [-0.05, 0) is 35.0 Å². The van der Waals surface area contributed by atoms with Gasteiger partial charge in [-0.3, -0.25) is 14.2 Å². The van der Waals surface area contributed by atoms with Gasteiger partial charge in [0.1, 0.15) is 5.82 Å². The summed E-state index contributed by atoms with van der Waals surface area (Å²) in [6, 6.07) is 2.59. The third-order valence-corrected chi connectivity index (χ3v) is 2.39. The first kappa shape index (κ1) is 12.1. The first-order valence-corrected chi connectivity index (χ1v) is 5.66. The highest BCUT2D eigenvalue weighted by Crippen LogP contribution is 2.19. The fraction of sp³-hybridized carbons (Fsp3) is 0.143. The molecule has 15 heavy (non-hydrogen) atoms. The Hall–Kier alpha value is -0.990. The van der Waals surface area contributed by atoms with Crippen LogP contribution in [0.5, 0.6) is 0 Å². The van der Waals surface area contributed by atoms with Crippen molar-refractivity contribution in [2.45, 2.75) is 6.92 Å². The molecule has 0 bridgehead atoms. The van der Waals surface area contributed by atoms with Crippen molar-refractivity contribution in [1.82, 2.24) is 9.71 Å². The fourth-order valence-electron chi connectivity index (χ4n) is 0.836. The Morgan fingerprint density at radius 1 is 1.60 bits per heavy atom. The van der Waals surface area contributed by atoms with Crippen molar-refractivity contribution in [2.75, 3.05) is 5.32 Å². The zero-order chi connectivity index (χ0) is 11.4. The summed E-state index contributed by atoms with van der Waals surface area (Å²) in [5.74, 6) is 0.262. The van der Waals surface area contributed by atoms with E-state index in [9.17, 15) is 13.6 Å². The molecular formula is C7H7BrN3O3S-. The van der Waals surface area contributed by atoms with E-state index in [-0.39, 0.29) is 5.82 Å². The number of carbonyl (C=O) groups is 1. The summed E-state index contributed by atoms with van der Waals surface area (Å²) in [6.45, 7) is 1.75. The summed E-state index contributed by atoms with van der Waals surface area (Å²) < 4.78 is 22.5. The van der Waals surface area contributed by atoms with Gasteiger partial charge in [-0.25, -0.2) is 9.78 Å². The number of nitrogens with zero attached hydrogens (tertiary/aromatic N) is 1. The van der Waals surface area contributed by atoms with Gasteiger partial charge in [-0.15, -0.1) is 0 Å². The number of urea groups is 1. The molecule has 0 aromatic carbocycles. The van der Waals surface area contributed by atoms with Crippen LogP contribution in [0.4, 0.5) is 10.6 Å². The van der Waals surface area contributed by atoms with Crippen molar-refractivity contribution in [2.24, 2.45) is 0 Å². The van der Waals surface area contributed by atoms with Crippen LogP contribution < -0.4 is 10.0 Å². The molecule has 1 heterocycles. The van der Waals surface area contributed by atoms with Crippen LogP contribution in [0, 0.1) is 6.92 Å². The monoisotopic (exact) mass is 292 g/mol. The van der Waals surface area contributed by atoms with Gasteiger partial charge in [0.15, 0.2) is 0 Å². The van der Waals surface area contributed by atoms with Crippen LogP contribution in [0.1, 0.15) is 5.69 Å². The van der Waals surface area contributed by atoms with Crippen LogP contribution in [0.15, 0.2) is 16.6 Å². The number of aryl methyl sites for hydroxylation is 1. The van der Waals surface area contributed by atoms with Gasteiger partial charge in [0.25, 0.3) is 0 Å². The van der Waals surface area contributed by atoms with E-state index in [1.165, 1.54) is 0 Å². The molecule has 1 unspecified atom stereocenters. The number of anilines is 1. The summed E-state index contributed by atoms with van der Waals surface area (Å²) in [5, 5.41) is 2.28. The van der Waals surface area contributed by atoms with Crippen LogP contribution in [0.2, 0.25) is 0 Å². The first-order chi connectivity index (χ1) is 6.99. The van der Waals surface area contributed by atoms with E-state index in [1.54, 1.807) is 23.8 Å². The van der Waals surface area contributed by atoms with Gasteiger partial charge in [0.05, 0.1) is 4.47 Å². The maximum Gasteiger partial charge on any atom is 0.331 e. The van der Waals surface area contributed by atoms with Crippen molar-refractivity contribution in [1.29, 1.82) is 0 Å². The quantitative estimate of drug-likeness (QED) is 0.797. The highest BCUT2D eigenvalue weighted by molar-refractivity contribution is 9.10. The lowest BCUT2D eigenvalue weighted by molar-refractivity contribution is 0.256. The highest BCUT2D eigenvalue weighted by atomic mass is 79.9. The first-order valence-electron chi connectivity index (χ1n) is 3.79. The minimum atomic E-state index is -2.64. The van der Waals surface area contributed by atoms with Gasteiger partial charge < -0.3 is 4.55 Å². The lowest BCUT2D eigenvalue weighted by atomic mass is 10.4. The molecule has 0 aliphatic heterocycles. The number of halogens is 1. The second-order valence-electron chi connectivity index (χ2n) is 2.57. The Morgan fingerprint density at radius 3 is 2.87 bits per heavy atom. The molecule has 82 valence electrons.